The van der Waals surface area contributed by atoms with E-state index in [1.165, 1.54) is 19.2 Å². The molecule has 0 saturated heterocycles. The number of carbonyl (C=O) groups excluding carboxylic acids is 2. The molecule has 0 amide bonds. The topological polar surface area (TPSA) is 72.8 Å². The number of phenols is 1. The lowest BCUT2D eigenvalue weighted by atomic mass is 10.2. The van der Waals surface area contributed by atoms with E-state index in [9.17, 15) is 14.7 Å². The number of methoxy groups -OCH3 is 1. The third-order valence-corrected chi connectivity index (χ3v) is 2.13. The summed E-state index contributed by atoms with van der Waals surface area (Å²) in [6.07, 6.45) is -0.00827. The minimum atomic E-state index is -0.683. The van der Waals surface area contributed by atoms with E-state index >= 15 is 0 Å². The first-order valence-electron chi connectivity index (χ1n) is 5.16. The van der Waals surface area contributed by atoms with Gasteiger partial charge in [-0.3, -0.25) is 9.59 Å². The average molecular weight is 238 g/mol. The molecule has 5 heteroatoms. The number of esters is 1. The van der Waals surface area contributed by atoms with Gasteiger partial charge in [0, 0.05) is 12.5 Å². The van der Waals surface area contributed by atoms with E-state index in [0.29, 0.717) is 5.75 Å². The third kappa shape index (κ3) is 3.79. The molecule has 0 aliphatic rings. The molecular weight excluding hydrogens is 224 g/mol. The number of ketones is 1. The van der Waals surface area contributed by atoms with Crippen molar-refractivity contribution in [3.8, 4) is 17.2 Å². The highest BCUT2D eigenvalue weighted by molar-refractivity contribution is 5.96. The third-order valence-electron chi connectivity index (χ3n) is 2.13. The molecule has 0 spiro atoms. The summed E-state index contributed by atoms with van der Waals surface area (Å²) in [5.74, 6) is -0.631. The predicted octanol–water partition coefficient (Wildman–Crippen LogP) is 1.68. The molecule has 92 valence electrons. The van der Waals surface area contributed by atoms with Crippen LogP contribution in [0.3, 0.4) is 0 Å². The summed E-state index contributed by atoms with van der Waals surface area (Å²) in [6.45, 7) is 1.67. The van der Waals surface area contributed by atoms with Gasteiger partial charge in [-0.05, 0) is 12.1 Å². The average Bonchev–Trinajstić information content (AvgIpc) is 2.31. The Balaban J connectivity index is 2.68. The lowest BCUT2D eigenvalue weighted by Crippen LogP contribution is -2.13. The maximum atomic E-state index is 11.3. The van der Waals surface area contributed by atoms with Crippen molar-refractivity contribution in [2.45, 2.75) is 19.8 Å². The normalized spacial score (nSPS) is 9.76. The van der Waals surface area contributed by atoms with Crippen LogP contribution in [-0.4, -0.2) is 24.0 Å². The van der Waals surface area contributed by atoms with Crippen LogP contribution in [-0.2, 0) is 9.59 Å². The Morgan fingerprint density at radius 1 is 1.35 bits per heavy atom. The first-order chi connectivity index (χ1) is 8.06. The monoisotopic (exact) mass is 238 g/mol. The van der Waals surface area contributed by atoms with Crippen LogP contribution in [0.1, 0.15) is 19.8 Å². The summed E-state index contributed by atoms with van der Waals surface area (Å²) in [5, 5.41) is 9.52. The fourth-order valence-corrected chi connectivity index (χ4v) is 1.16. The predicted molar refractivity (Wildman–Crippen MR) is 60.2 cm³/mol. The number of hydrogen-bond donors (Lipinski definition) is 1. The molecule has 0 heterocycles. The van der Waals surface area contributed by atoms with E-state index < -0.39 is 5.97 Å². The maximum Gasteiger partial charge on any atom is 0.318 e. The maximum absolute atomic E-state index is 11.3. The van der Waals surface area contributed by atoms with Gasteiger partial charge in [-0.15, -0.1) is 0 Å². The van der Waals surface area contributed by atoms with E-state index in [1.807, 2.05) is 0 Å². The van der Waals surface area contributed by atoms with Gasteiger partial charge in [0.25, 0.3) is 0 Å². The van der Waals surface area contributed by atoms with Crippen LogP contribution in [0.4, 0.5) is 0 Å². The molecule has 1 rings (SSSR count). The fraction of sp³-hybridized carbons (Fsp3) is 0.333. The first-order valence-corrected chi connectivity index (χ1v) is 5.16. The van der Waals surface area contributed by atoms with Crippen LogP contribution >= 0.6 is 0 Å². The molecule has 0 aromatic heterocycles. The zero-order chi connectivity index (χ0) is 12.8. The molecule has 17 heavy (non-hydrogen) atoms. The molecule has 1 aromatic carbocycles. The number of carbonyl (C=O) groups is 2. The Hall–Kier alpha value is -2.04. The molecular formula is C12H14O5. The summed E-state index contributed by atoms with van der Waals surface area (Å²) in [4.78, 5) is 22.3. The van der Waals surface area contributed by atoms with Crippen molar-refractivity contribution in [1.29, 1.82) is 0 Å². The Kier molecular flexibility index (Phi) is 4.51. The van der Waals surface area contributed by atoms with Gasteiger partial charge in [-0.2, -0.15) is 0 Å². The van der Waals surface area contributed by atoms with Gasteiger partial charge in [0.2, 0.25) is 0 Å². The van der Waals surface area contributed by atoms with Crippen LogP contribution in [0, 0.1) is 0 Å². The summed E-state index contributed by atoms with van der Waals surface area (Å²) < 4.78 is 9.73. The summed E-state index contributed by atoms with van der Waals surface area (Å²) >= 11 is 0. The van der Waals surface area contributed by atoms with Crippen LogP contribution in [0.15, 0.2) is 18.2 Å². The molecule has 1 aromatic rings. The zero-order valence-electron chi connectivity index (χ0n) is 9.73. The quantitative estimate of drug-likeness (QED) is 0.480. The Bertz CT molecular complexity index is 425. The number of benzene rings is 1. The van der Waals surface area contributed by atoms with Crippen LogP contribution < -0.4 is 9.47 Å². The summed E-state index contributed by atoms with van der Waals surface area (Å²) in [7, 11) is 1.46. The van der Waals surface area contributed by atoms with E-state index in [-0.39, 0.29) is 30.1 Å². The van der Waals surface area contributed by atoms with Crippen molar-refractivity contribution in [3.05, 3.63) is 18.2 Å². The Morgan fingerprint density at radius 3 is 2.59 bits per heavy atom. The van der Waals surface area contributed by atoms with E-state index in [2.05, 4.69) is 0 Å². The lowest BCUT2D eigenvalue weighted by molar-refractivity contribution is -0.138. The smallest absolute Gasteiger partial charge is 0.318 e. The zero-order valence-corrected chi connectivity index (χ0v) is 9.73. The summed E-state index contributed by atoms with van der Waals surface area (Å²) in [5.41, 5.74) is 0. The molecule has 0 unspecified atom stereocenters. The van der Waals surface area contributed by atoms with Crippen molar-refractivity contribution < 1.29 is 24.2 Å². The molecule has 0 aliphatic carbocycles. The van der Waals surface area contributed by atoms with Gasteiger partial charge in [0.15, 0.2) is 11.5 Å². The highest BCUT2D eigenvalue weighted by Gasteiger charge is 2.12. The fourth-order valence-electron chi connectivity index (χ4n) is 1.16. The first kappa shape index (κ1) is 13.0. The van der Waals surface area contributed by atoms with Gasteiger partial charge >= 0.3 is 5.97 Å². The van der Waals surface area contributed by atoms with Crippen LogP contribution in [0.25, 0.3) is 0 Å². The minimum absolute atomic E-state index is 0.0136. The Labute approximate surface area is 99.0 Å². The largest absolute Gasteiger partial charge is 0.504 e. The number of aromatic hydroxyl groups is 1. The van der Waals surface area contributed by atoms with Crippen molar-refractivity contribution in [1.82, 2.24) is 0 Å². The van der Waals surface area contributed by atoms with Gasteiger partial charge in [0.05, 0.1) is 7.11 Å². The molecule has 0 saturated carbocycles. The molecule has 0 aliphatic heterocycles. The van der Waals surface area contributed by atoms with Crippen molar-refractivity contribution in [2.24, 2.45) is 0 Å². The van der Waals surface area contributed by atoms with Gasteiger partial charge in [-0.1, -0.05) is 6.92 Å². The highest BCUT2D eigenvalue weighted by atomic mass is 16.5. The van der Waals surface area contributed by atoms with E-state index in [0.717, 1.165) is 0 Å². The van der Waals surface area contributed by atoms with Crippen LogP contribution in [0.5, 0.6) is 17.2 Å². The van der Waals surface area contributed by atoms with E-state index in [1.54, 1.807) is 13.0 Å². The standard InChI is InChI=1S/C12H14O5/c1-3-8(13)6-12(15)17-11-5-4-9(16-2)7-10(11)14/h4-5,7,14H,3,6H2,1-2H3. The summed E-state index contributed by atoms with van der Waals surface area (Å²) in [6, 6.07) is 4.27. The number of ether oxygens (including phenoxy) is 2. The van der Waals surface area contributed by atoms with Crippen molar-refractivity contribution >= 4 is 11.8 Å². The SMILES string of the molecule is CCC(=O)CC(=O)Oc1ccc(OC)cc1O. The molecule has 0 fully saturated rings. The van der Waals surface area contributed by atoms with Gasteiger partial charge in [-0.25, -0.2) is 0 Å². The Morgan fingerprint density at radius 2 is 2.06 bits per heavy atom. The van der Waals surface area contributed by atoms with Crippen molar-refractivity contribution in [3.63, 3.8) is 0 Å². The van der Waals surface area contributed by atoms with Crippen LogP contribution in [0.2, 0.25) is 0 Å². The number of rotatable bonds is 5. The van der Waals surface area contributed by atoms with E-state index in [4.69, 9.17) is 9.47 Å². The number of hydrogen-bond acceptors (Lipinski definition) is 5. The van der Waals surface area contributed by atoms with Gasteiger partial charge < -0.3 is 14.6 Å². The number of Topliss-reactive ketones (excluding diaryl/α,β-unsaturated/α-hetero) is 1. The molecule has 0 atom stereocenters. The van der Waals surface area contributed by atoms with Crippen molar-refractivity contribution in [2.75, 3.05) is 7.11 Å². The second-order valence-electron chi connectivity index (χ2n) is 3.38. The second kappa shape index (κ2) is 5.89. The molecule has 1 N–H and O–H groups in total. The highest BCUT2D eigenvalue weighted by Crippen LogP contribution is 2.30. The molecule has 0 radical (unpaired) electrons. The minimum Gasteiger partial charge on any atom is -0.504 e. The second-order valence-corrected chi connectivity index (χ2v) is 3.38. The molecule has 0 bridgehead atoms. The van der Waals surface area contributed by atoms with Gasteiger partial charge in [0.1, 0.15) is 18.0 Å². The lowest BCUT2D eigenvalue weighted by Gasteiger charge is -2.07. The molecule has 5 nitrogen and oxygen atoms in total. The number of phenolic OH excluding ortho intramolecular Hbond substituents is 1.